The monoisotopic (exact) mass is 247 g/mol. The van der Waals surface area contributed by atoms with Gasteiger partial charge in [-0.1, -0.05) is 31.2 Å². The molecule has 6 nitrogen and oxygen atoms in total. The zero-order valence-electron chi connectivity index (χ0n) is 9.82. The average Bonchev–Trinajstić information content (AvgIpc) is 2.35. The first-order valence-corrected chi connectivity index (χ1v) is 5.54. The van der Waals surface area contributed by atoms with Crippen molar-refractivity contribution < 1.29 is 14.4 Å². The largest absolute Gasteiger partial charge is 0.328 e. The number of carbonyl (C=O) groups excluding carboxylic acids is 3. The number of hydrogen-bond acceptors (Lipinski definition) is 4. The molecule has 1 aromatic rings. The van der Waals surface area contributed by atoms with E-state index in [1.807, 2.05) is 17.6 Å². The van der Waals surface area contributed by atoms with Crippen LogP contribution in [0.1, 0.15) is 18.1 Å². The van der Waals surface area contributed by atoms with E-state index < -0.39 is 23.4 Å². The lowest BCUT2D eigenvalue weighted by molar-refractivity contribution is -0.138. The molecule has 94 valence electrons. The summed E-state index contributed by atoms with van der Waals surface area (Å²) in [7, 11) is 0. The summed E-state index contributed by atoms with van der Waals surface area (Å²) in [5.41, 5.74) is 5.27. The summed E-state index contributed by atoms with van der Waals surface area (Å²) in [4.78, 5) is 34.8. The van der Waals surface area contributed by atoms with Gasteiger partial charge in [-0.2, -0.15) is 0 Å². The van der Waals surface area contributed by atoms with Gasteiger partial charge in [0.05, 0.1) is 0 Å². The second-order valence-corrected chi connectivity index (χ2v) is 4.06. The van der Waals surface area contributed by atoms with Gasteiger partial charge in [-0.05, 0) is 17.5 Å². The number of nitrogens with two attached hydrogens (primary N) is 1. The van der Waals surface area contributed by atoms with E-state index in [-0.39, 0.29) is 0 Å². The van der Waals surface area contributed by atoms with Gasteiger partial charge in [0.1, 0.15) is 0 Å². The predicted molar refractivity (Wildman–Crippen MR) is 63.4 cm³/mol. The number of imide groups is 2. The minimum atomic E-state index is -1.86. The molecule has 0 aliphatic carbocycles. The highest BCUT2D eigenvalue weighted by Crippen LogP contribution is 2.25. The van der Waals surface area contributed by atoms with Gasteiger partial charge >= 0.3 is 6.03 Å². The zero-order chi connectivity index (χ0) is 13.3. The van der Waals surface area contributed by atoms with Gasteiger partial charge in [0.15, 0.2) is 0 Å². The number of benzene rings is 1. The second kappa shape index (κ2) is 4.23. The number of amides is 4. The first-order chi connectivity index (χ1) is 8.50. The molecule has 0 unspecified atom stereocenters. The normalized spacial score (nSPS) is 18.2. The van der Waals surface area contributed by atoms with E-state index >= 15 is 0 Å². The number of aryl methyl sites for hydroxylation is 1. The van der Waals surface area contributed by atoms with Gasteiger partial charge < -0.3 is 5.73 Å². The van der Waals surface area contributed by atoms with Crippen LogP contribution in [-0.4, -0.2) is 17.8 Å². The van der Waals surface area contributed by atoms with Gasteiger partial charge in [-0.15, -0.1) is 0 Å². The first kappa shape index (κ1) is 12.3. The molecule has 1 aliphatic heterocycles. The molecule has 1 heterocycles. The lowest BCUT2D eigenvalue weighted by atomic mass is 9.84. The summed E-state index contributed by atoms with van der Waals surface area (Å²) in [5.74, 6) is -1.62. The Balaban J connectivity index is 2.56. The van der Waals surface area contributed by atoms with Crippen LogP contribution in [0.4, 0.5) is 4.79 Å². The highest BCUT2D eigenvalue weighted by Gasteiger charge is 2.49. The van der Waals surface area contributed by atoms with Crippen molar-refractivity contribution in [2.75, 3.05) is 0 Å². The quantitative estimate of drug-likeness (QED) is 0.628. The van der Waals surface area contributed by atoms with E-state index in [2.05, 4.69) is 0 Å². The van der Waals surface area contributed by atoms with E-state index in [9.17, 15) is 14.4 Å². The number of nitrogens with one attached hydrogen (secondary N) is 2. The summed E-state index contributed by atoms with van der Waals surface area (Å²) < 4.78 is 0. The van der Waals surface area contributed by atoms with Gasteiger partial charge in [-0.25, -0.2) is 4.79 Å². The van der Waals surface area contributed by atoms with Crippen LogP contribution in [0.15, 0.2) is 24.3 Å². The Bertz CT molecular complexity index is 519. The van der Waals surface area contributed by atoms with Crippen molar-refractivity contribution in [3.63, 3.8) is 0 Å². The molecule has 1 saturated heterocycles. The van der Waals surface area contributed by atoms with E-state index in [4.69, 9.17) is 5.73 Å². The first-order valence-electron chi connectivity index (χ1n) is 5.54. The molecule has 1 aliphatic rings. The molecule has 1 fully saturated rings. The minimum Gasteiger partial charge on any atom is -0.306 e. The van der Waals surface area contributed by atoms with E-state index in [1.165, 1.54) is 0 Å². The standard InChI is InChI=1S/C12H13N3O3/c1-2-7-5-3-4-6-8(7)12(13)9(16)14-11(18)15-10(12)17/h3-6H,2,13H2,1H3,(H2,14,15,16,17,18). The second-order valence-electron chi connectivity index (χ2n) is 4.06. The molecule has 0 radical (unpaired) electrons. The summed E-state index contributed by atoms with van der Waals surface area (Å²) in [6.07, 6.45) is 0.629. The molecule has 0 spiro atoms. The summed E-state index contributed by atoms with van der Waals surface area (Å²) in [6.45, 7) is 1.89. The maximum Gasteiger partial charge on any atom is 0.328 e. The highest BCUT2D eigenvalue weighted by molar-refractivity contribution is 6.22. The van der Waals surface area contributed by atoms with Gasteiger partial charge in [-0.3, -0.25) is 20.2 Å². The van der Waals surface area contributed by atoms with Crippen LogP contribution in [-0.2, 0) is 21.5 Å². The van der Waals surface area contributed by atoms with Crippen molar-refractivity contribution in [1.82, 2.24) is 10.6 Å². The Kier molecular flexibility index (Phi) is 2.88. The Morgan fingerprint density at radius 2 is 1.67 bits per heavy atom. The fourth-order valence-electron chi connectivity index (χ4n) is 2.00. The van der Waals surface area contributed by atoms with Crippen molar-refractivity contribution in [3.05, 3.63) is 35.4 Å². The molecule has 0 bridgehead atoms. The van der Waals surface area contributed by atoms with Crippen LogP contribution >= 0.6 is 0 Å². The van der Waals surface area contributed by atoms with Crippen molar-refractivity contribution in [1.29, 1.82) is 0 Å². The fraction of sp³-hybridized carbons (Fsp3) is 0.250. The lowest BCUT2D eigenvalue weighted by Gasteiger charge is -2.31. The number of hydrogen-bond donors (Lipinski definition) is 3. The van der Waals surface area contributed by atoms with E-state index in [0.29, 0.717) is 12.0 Å². The Morgan fingerprint density at radius 3 is 2.22 bits per heavy atom. The van der Waals surface area contributed by atoms with Crippen LogP contribution < -0.4 is 16.4 Å². The molecule has 1 aromatic carbocycles. The average molecular weight is 247 g/mol. The molecule has 4 amide bonds. The molecule has 2 rings (SSSR count). The molecule has 18 heavy (non-hydrogen) atoms. The topological polar surface area (TPSA) is 101 Å². The maximum atomic E-state index is 11.9. The highest BCUT2D eigenvalue weighted by atomic mass is 16.2. The number of urea groups is 1. The summed E-state index contributed by atoms with van der Waals surface area (Å²) in [6, 6.07) is 6.06. The van der Waals surface area contributed by atoms with E-state index in [1.54, 1.807) is 24.3 Å². The van der Waals surface area contributed by atoms with Crippen molar-refractivity contribution in [2.45, 2.75) is 18.9 Å². The Morgan fingerprint density at radius 1 is 1.11 bits per heavy atom. The molecule has 6 heteroatoms. The van der Waals surface area contributed by atoms with Crippen molar-refractivity contribution in [2.24, 2.45) is 5.73 Å². The van der Waals surface area contributed by atoms with Crippen LogP contribution in [0.25, 0.3) is 0 Å². The van der Waals surface area contributed by atoms with Crippen molar-refractivity contribution in [3.8, 4) is 0 Å². The fourth-order valence-corrected chi connectivity index (χ4v) is 2.00. The maximum absolute atomic E-state index is 11.9. The lowest BCUT2D eigenvalue weighted by Crippen LogP contribution is -2.69. The SMILES string of the molecule is CCc1ccccc1C1(N)C(=O)NC(=O)NC1=O. The third-order valence-corrected chi connectivity index (χ3v) is 2.99. The smallest absolute Gasteiger partial charge is 0.306 e. The molecule has 0 saturated carbocycles. The Labute approximate surface area is 104 Å². The Hall–Kier alpha value is -2.21. The molecule has 4 N–H and O–H groups in total. The molecule has 0 aromatic heterocycles. The number of rotatable bonds is 2. The zero-order valence-corrected chi connectivity index (χ0v) is 9.82. The van der Waals surface area contributed by atoms with Gasteiger partial charge in [0.2, 0.25) is 5.54 Å². The minimum absolute atomic E-state index is 0.412. The number of carbonyl (C=O) groups is 3. The van der Waals surface area contributed by atoms with Crippen LogP contribution in [0.5, 0.6) is 0 Å². The number of barbiturate groups is 1. The third kappa shape index (κ3) is 1.67. The van der Waals surface area contributed by atoms with Gasteiger partial charge in [0.25, 0.3) is 11.8 Å². The van der Waals surface area contributed by atoms with Crippen molar-refractivity contribution >= 4 is 17.8 Å². The molecular formula is C12H13N3O3. The molecular weight excluding hydrogens is 234 g/mol. The third-order valence-electron chi connectivity index (χ3n) is 2.99. The summed E-state index contributed by atoms with van der Waals surface area (Å²) >= 11 is 0. The summed E-state index contributed by atoms with van der Waals surface area (Å²) in [5, 5.41) is 4.03. The van der Waals surface area contributed by atoms with Crippen LogP contribution in [0.3, 0.4) is 0 Å². The van der Waals surface area contributed by atoms with Crippen LogP contribution in [0, 0.1) is 0 Å². The van der Waals surface area contributed by atoms with E-state index in [0.717, 1.165) is 5.56 Å². The van der Waals surface area contributed by atoms with Crippen LogP contribution in [0.2, 0.25) is 0 Å². The van der Waals surface area contributed by atoms with Gasteiger partial charge in [0, 0.05) is 0 Å². The molecule has 0 atom stereocenters. The predicted octanol–water partition coefficient (Wildman–Crippen LogP) is -0.231.